The Balaban J connectivity index is 1.46. The lowest BCUT2D eigenvalue weighted by atomic mass is 9.87. The van der Waals surface area contributed by atoms with E-state index in [1.807, 2.05) is 0 Å². The molecule has 3 atom stereocenters. The summed E-state index contributed by atoms with van der Waals surface area (Å²) in [6, 6.07) is 6.40. The van der Waals surface area contributed by atoms with E-state index in [4.69, 9.17) is 5.73 Å². The third-order valence-electron chi connectivity index (χ3n) is 5.77. The molecular weight excluding hydrogens is 232 g/mol. The lowest BCUT2D eigenvalue weighted by molar-refractivity contribution is 0.177. The van der Waals surface area contributed by atoms with Gasteiger partial charge in [0.2, 0.25) is 0 Å². The number of fused-ring (bicyclic) bond motifs is 3. The first-order valence-corrected chi connectivity index (χ1v) is 7.88. The normalized spacial score (nSPS) is 33.6. The number of nitrogen functional groups attached to an aromatic ring is 1. The van der Waals surface area contributed by atoms with E-state index < -0.39 is 0 Å². The molecule has 19 heavy (non-hydrogen) atoms. The largest absolute Gasteiger partial charge is 0.398 e. The molecule has 1 aromatic carbocycles. The monoisotopic (exact) mass is 256 g/mol. The number of anilines is 1. The van der Waals surface area contributed by atoms with Crippen molar-refractivity contribution in [2.45, 2.75) is 38.6 Å². The van der Waals surface area contributed by atoms with Gasteiger partial charge in [0.15, 0.2) is 0 Å². The van der Waals surface area contributed by atoms with E-state index in [0.29, 0.717) is 0 Å². The minimum absolute atomic E-state index is 0.977. The Morgan fingerprint density at radius 1 is 1.21 bits per heavy atom. The number of nitrogens with two attached hydrogens (primary N) is 1. The van der Waals surface area contributed by atoms with Gasteiger partial charge in [0.05, 0.1) is 0 Å². The van der Waals surface area contributed by atoms with Crippen LogP contribution in [0.5, 0.6) is 0 Å². The molecule has 4 rings (SSSR count). The second-order valence-corrected chi connectivity index (χ2v) is 6.90. The van der Waals surface area contributed by atoms with Crippen LogP contribution in [0.3, 0.4) is 0 Å². The van der Waals surface area contributed by atoms with Crippen LogP contribution in [0.25, 0.3) is 0 Å². The minimum Gasteiger partial charge on any atom is -0.398 e. The van der Waals surface area contributed by atoms with Gasteiger partial charge < -0.3 is 5.73 Å². The van der Waals surface area contributed by atoms with Crippen molar-refractivity contribution in [2.75, 3.05) is 18.8 Å². The maximum atomic E-state index is 6.15. The van der Waals surface area contributed by atoms with Crippen molar-refractivity contribution in [2.24, 2.45) is 17.8 Å². The molecule has 0 saturated heterocycles. The topological polar surface area (TPSA) is 29.3 Å². The van der Waals surface area contributed by atoms with Crippen molar-refractivity contribution in [3.8, 4) is 0 Å². The van der Waals surface area contributed by atoms with Crippen LogP contribution in [0.4, 0.5) is 5.69 Å². The van der Waals surface area contributed by atoms with Gasteiger partial charge in [-0.15, -0.1) is 0 Å². The molecule has 3 unspecified atom stereocenters. The van der Waals surface area contributed by atoms with E-state index >= 15 is 0 Å². The highest BCUT2D eigenvalue weighted by atomic mass is 15.1. The van der Waals surface area contributed by atoms with E-state index in [0.717, 1.165) is 30.0 Å². The van der Waals surface area contributed by atoms with Gasteiger partial charge >= 0.3 is 0 Å². The molecule has 2 bridgehead atoms. The maximum Gasteiger partial charge on any atom is 0.0362 e. The van der Waals surface area contributed by atoms with Crippen molar-refractivity contribution >= 4 is 5.69 Å². The summed E-state index contributed by atoms with van der Waals surface area (Å²) < 4.78 is 0. The third kappa shape index (κ3) is 2.06. The quantitative estimate of drug-likeness (QED) is 0.824. The summed E-state index contributed by atoms with van der Waals surface area (Å²) in [6.45, 7) is 3.62. The Kier molecular flexibility index (Phi) is 2.80. The SMILES string of the molecule is Nc1cccc2c1CN(CC1CC3CCC1C3)CC2. The van der Waals surface area contributed by atoms with Gasteiger partial charge in [0.1, 0.15) is 0 Å². The first-order valence-electron chi connectivity index (χ1n) is 7.88. The second kappa shape index (κ2) is 4.52. The molecule has 3 aliphatic rings. The number of nitrogens with zero attached hydrogens (tertiary/aromatic N) is 1. The van der Waals surface area contributed by atoms with E-state index in [1.165, 1.54) is 56.3 Å². The molecule has 2 fully saturated rings. The van der Waals surface area contributed by atoms with Crippen LogP contribution in [0, 0.1) is 17.8 Å². The molecular formula is C17H24N2. The number of hydrogen-bond donors (Lipinski definition) is 1. The highest BCUT2D eigenvalue weighted by molar-refractivity contribution is 5.51. The van der Waals surface area contributed by atoms with E-state index in [2.05, 4.69) is 23.1 Å². The van der Waals surface area contributed by atoms with Crippen LogP contribution in [0.15, 0.2) is 18.2 Å². The van der Waals surface area contributed by atoms with Crippen LogP contribution < -0.4 is 5.73 Å². The average molecular weight is 256 g/mol. The molecule has 0 aromatic heterocycles. The molecule has 2 nitrogen and oxygen atoms in total. The highest BCUT2D eigenvalue weighted by Gasteiger charge is 2.40. The standard InChI is InChI=1S/C17H24N2/c18-17-3-1-2-13-6-7-19(11-16(13)17)10-15-9-12-4-5-14(15)8-12/h1-3,12,14-15H,4-11,18H2. The van der Waals surface area contributed by atoms with E-state index in [9.17, 15) is 0 Å². The summed E-state index contributed by atoms with van der Waals surface area (Å²) in [7, 11) is 0. The van der Waals surface area contributed by atoms with Gasteiger partial charge in [-0.1, -0.05) is 18.6 Å². The summed E-state index contributed by atoms with van der Waals surface area (Å²) in [5.74, 6) is 3.09. The van der Waals surface area contributed by atoms with Gasteiger partial charge in [-0.05, 0) is 60.6 Å². The minimum atomic E-state index is 0.977. The van der Waals surface area contributed by atoms with Crippen LogP contribution in [0.2, 0.25) is 0 Å². The fourth-order valence-corrected chi connectivity index (χ4v) is 4.75. The van der Waals surface area contributed by atoms with Gasteiger partial charge in [-0.3, -0.25) is 4.90 Å². The average Bonchev–Trinajstić information content (AvgIpc) is 3.02. The van der Waals surface area contributed by atoms with Crippen LogP contribution in [0.1, 0.15) is 36.8 Å². The predicted molar refractivity (Wildman–Crippen MR) is 78.8 cm³/mol. The second-order valence-electron chi connectivity index (χ2n) is 6.90. The Morgan fingerprint density at radius 2 is 2.16 bits per heavy atom. The summed E-state index contributed by atoms with van der Waals surface area (Å²) in [4.78, 5) is 2.66. The zero-order valence-corrected chi connectivity index (χ0v) is 11.6. The Bertz CT molecular complexity index is 482. The fraction of sp³-hybridized carbons (Fsp3) is 0.647. The molecule has 0 spiro atoms. The highest BCUT2D eigenvalue weighted by Crippen LogP contribution is 2.48. The van der Waals surface area contributed by atoms with Crippen molar-refractivity contribution in [1.82, 2.24) is 4.90 Å². The first-order chi connectivity index (χ1) is 9.29. The zero-order chi connectivity index (χ0) is 12.8. The van der Waals surface area contributed by atoms with Gasteiger partial charge in [0, 0.05) is 25.3 Å². The summed E-state index contributed by atoms with van der Waals surface area (Å²) >= 11 is 0. The molecule has 0 radical (unpaired) electrons. The molecule has 2 saturated carbocycles. The Morgan fingerprint density at radius 3 is 2.95 bits per heavy atom. The smallest absolute Gasteiger partial charge is 0.0362 e. The summed E-state index contributed by atoms with van der Waals surface area (Å²) in [5, 5.41) is 0. The summed E-state index contributed by atoms with van der Waals surface area (Å²) in [6.07, 6.45) is 7.22. The molecule has 1 aromatic rings. The third-order valence-corrected chi connectivity index (χ3v) is 5.77. The molecule has 2 aliphatic carbocycles. The van der Waals surface area contributed by atoms with Crippen LogP contribution in [-0.4, -0.2) is 18.0 Å². The van der Waals surface area contributed by atoms with Crippen LogP contribution >= 0.6 is 0 Å². The number of hydrogen-bond acceptors (Lipinski definition) is 2. The molecule has 2 N–H and O–H groups in total. The molecule has 2 heteroatoms. The van der Waals surface area contributed by atoms with Gasteiger partial charge in [-0.25, -0.2) is 0 Å². The van der Waals surface area contributed by atoms with Crippen molar-refractivity contribution < 1.29 is 0 Å². The van der Waals surface area contributed by atoms with Crippen LogP contribution in [-0.2, 0) is 13.0 Å². The lowest BCUT2D eigenvalue weighted by Crippen LogP contribution is -2.36. The molecule has 0 amide bonds. The molecule has 1 aliphatic heterocycles. The number of rotatable bonds is 2. The fourth-order valence-electron chi connectivity index (χ4n) is 4.75. The van der Waals surface area contributed by atoms with Gasteiger partial charge in [-0.2, -0.15) is 0 Å². The molecule has 102 valence electrons. The van der Waals surface area contributed by atoms with Crippen molar-refractivity contribution in [3.05, 3.63) is 29.3 Å². The lowest BCUT2D eigenvalue weighted by Gasteiger charge is -2.34. The van der Waals surface area contributed by atoms with E-state index in [1.54, 1.807) is 0 Å². The Labute approximate surface area is 116 Å². The zero-order valence-electron chi connectivity index (χ0n) is 11.6. The van der Waals surface area contributed by atoms with Gasteiger partial charge in [0.25, 0.3) is 0 Å². The first kappa shape index (κ1) is 11.8. The van der Waals surface area contributed by atoms with Crippen molar-refractivity contribution in [1.29, 1.82) is 0 Å². The summed E-state index contributed by atoms with van der Waals surface area (Å²) in [5.41, 5.74) is 10.0. The maximum absolute atomic E-state index is 6.15. The van der Waals surface area contributed by atoms with Crippen molar-refractivity contribution in [3.63, 3.8) is 0 Å². The predicted octanol–water partition coefficient (Wildman–Crippen LogP) is 3.06. The molecule has 1 heterocycles. The Hall–Kier alpha value is -1.02. The number of benzene rings is 1. The van der Waals surface area contributed by atoms with E-state index in [-0.39, 0.29) is 0 Å².